The molecule has 4 nitrogen and oxygen atoms in total. The number of aromatic amines is 1. The fourth-order valence-corrected chi connectivity index (χ4v) is 2.54. The van der Waals surface area contributed by atoms with Gasteiger partial charge in [0.05, 0.1) is 5.69 Å². The summed E-state index contributed by atoms with van der Waals surface area (Å²) in [6.45, 7) is 9.38. The van der Waals surface area contributed by atoms with Gasteiger partial charge in [0.15, 0.2) is 5.82 Å². The van der Waals surface area contributed by atoms with Crippen molar-refractivity contribution in [1.29, 1.82) is 0 Å². The minimum Gasteiger partial charge on any atom is -0.371 e. The molecule has 1 N–H and O–H groups in total. The van der Waals surface area contributed by atoms with Crippen molar-refractivity contribution in [2.24, 2.45) is 0 Å². The lowest BCUT2D eigenvalue weighted by Gasteiger charge is -2.28. The zero-order valence-corrected chi connectivity index (χ0v) is 13.6. The van der Waals surface area contributed by atoms with Gasteiger partial charge in [-0.15, -0.1) is 0 Å². The van der Waals surface area contributed by atoms with Crippen LogP contribution in [0.25, 0.3) is 17.1 Å². The molecule has 0 amide bonds. The highest BCUT2D eigenvalue weighted by atomic mass is 15.1. The van der Waals surface area contributed by atoms with Gasteiger partial charge >= 0.3 is 0 Å². The van der Waals surface area contributed by atoms with Crippen LogP contribution in [-0.2, 0) is 0 Å². The van der Waals surface area contributed by atoms with Gasteiger partial charge in [-0.25, -0.2) is 4.98 Å². The van der Waals surface area contributed by atoms with Crippen LogP contribution in [-0.4, -0.2) is 32.4 Å². The number of allylic oxidation sites excluding steroid dienone is 2. The summed E-state index contributed by atoms with van der Waals surface area (Å²) < 4.78 is 0. The van der Waals surface area contributed by atoms with E-state index in [2.05, 4.69) is 64.2 Å². The molecule has 0 bridgehead atoms. The Labute approximate surface area is 131 Å². The predicted octanol–water partition coefficient (Wildman–Crippen LogP) is 3.71. The molecule has 0 saturated carbocycles. The van der Waals surface area contributed by atoms with Crippen molar-refractivity contribution >= 4 is 5.57 Å². The van der Waals surface area contributed by atoms with Crippen LogP contribution in [0.1, 0.15) is 30.8 Å². The summed E-state index contributed by atoms with van der Waals surface area (Å²) in [4.78, 5) is 14.6. The fourth-order valence-electron chi connectivity index (χ4n) is 2.54. The summed E-state index contributed by atoms with van der Waals surface area (Å²) >= 11 is 0. The van der Waals surface area contributed by atoms with E-state index >= 15 is 0 Å². The normalized spacial score (nSPS) is 14.6. The van der Waals surface area contributed by atoms with Crippen molar-refractivity contribution in [3.63, 3.8) is 0 Å². The maximum atomic E-state index is 4.55. The number of rotatable bonds is 3. The third kappa shape index (κ3) is 2.82. The van der Waals surface area contributed by atoms with Gasteiger partial charge in [0.2, 0.25) is 0 Å². The molecule has 22 heavy (non-hydrogen) atoms. The van der Waals surface area contributed by atoms with Crippen LogP contribution in [0.5, 0.6) is 0 Å². The number of hydrogen-bond acceptors (Lipinski definition) is 3. The quantitative estimate of drug-likeness (QED) is 0.938. The lowest BCUT2D eigenvalue weighted by Crippen LogP contribution is -2.28. The van der Waals surface area contributed by atoms with Crippen molar-refractivity contribution in [3.05, 3.63) is 53.6 Å². The molecule has 1 aliphatic heterocycles. The molecule has 0 atom stereocenters. The second kappa shape index (κ2) is 5.79. The lowest BCUT2D eigenvalue weighted by molar-refractivity contribution is 0.344. The molecular formula is C18H22N4. The van der Waals surface area contributed by atoms with E-state index in [1.165, 1.54) is 11.1 Å². The molecule has 0 saturated heterocycles. The Kier molecular flexibility index (Phi) is 3.84. The monoisotopic (exact) mass is 294 g/mol. The van der Waals surface area contributed by atoms with Crippen LogP contribution in [0.3, 0.4) is 0 Å². The molecule has 1 aliphatic rings. The third-order valence-corrected chi connectivity index (χ3v) is 4.09. The number of hydrogen-bond donors (Lipinski definition) is 1. The first kappa shape index (κ1) is 14.6. The van der Waals surface area contributed by atoms with Crippen molar-refractivity contribution in [3.8, 4) is 11.5 Å². The Bertz CT molecular complexity index is 718. The van der Waals surface area contributed by atoms with Crippen molar-refractivity contribution in [2.75, 3.05) is 6.54 Å². The van der Waals surface area contributed by atoms with E-state index in [1.807, 2.05) is 20.0 Å². The zero-order valence-electron chi connectivity index (χ0n) is 13.6. The van der Waals surface area contributed by atoms with Crippen molar-refractivity contribution in [1.82, 2.24) is 19.9 Å². The minimum absolute atomic E-state index is 0.497. The molecule has 0 fully saturated rings. The second-order valence-electron chi connectivity index (χ2n) is 6.03. The summed E-state index contributed by atoms with van der Waals surface area (Å²) in [6.07, 6.45) is 8.29. The van der Waals surface area contributed by atoms with Crippen LogP contribution in [0, 0.1) is 13.8 Å². The van der Waals surface area contributed by atoms with Crippen LogP contribution < -0.4 is 0 Å². The number of aryl methyl sites for hydroxylation is 2. The van der Waals surface area contributed by atoms with Crippen LogP contribution in [0.2, 0.25) is 0 Å². The summed E-state index contributed by atoms with van der Waals surface area (Å²) in [6, 6.07) is 4.67. The summed E-state index contributed by atoms with van der Waals surface area (Å²) in [5.41, 5.74) is 5.51. The molecule has 4 heteroatoms. The van der Waals surface area contributed by atoms with Gasteiger partial charge in [0.25, 0.3) is 0 Å². The van der Waals surface area contributed by atoms with E-state index < -0.39 is 0 Å². The first-order valence-electron chi connectivity index (χ1n) is 7.67. The highest BCUT2D eigenvalue weighted by Crippen LogP contribution is 2.24. The Morgan fingerprint density at radius 2 is 2.09 bits per heavy atom. The SMILES string of the molecule is Cc1nc(-c2cc(C3=CC=CN(C(C)C)C3)ccn2)[nH]c1C. The number of pyridine rings is 1. The van der Waals surface area contributed by atoms with Crippen molar-refractivity contribution in [2.45, 2.75) is 33.7 Å². The van der Waals surface area contributed by atoms with E-state index in [9.17, 15) is 0 Å². The highest BCUT2D eigenvalue weighted by molar-refractivity contribution is 5.72. The van der Waals surface area contributed by atoms with Gasteiger partial charge in [0.1, 0.15) is 5.69 Å². The maximum Gasteiger partial charge on any atom is 0.156 e. The maximum absolute atomic E-state index is 4.55. The largest absolute Gasteiger partial charge is 0.371 e. The summed E-state index contributed by atoms with van der Waals surface area (Å²) in [5.74, 6) is 0.838. The van der Waals surface area contributed by atoms with E-state index in [-0.39, 0.29) is 0 Å². The Morgan fingerprint density at radius 3 is 2.77 bits per heavy atom. The molecule has 3 heterocycles. The smallest absolute Gasteiger partial charge is 0.156 e. The average Bonchev–Trinajstić information content (AvgIpc) is 2.87. The molecule has 2 aromatic heterocycles. The molecule has 0 radical (unpaired) electrons. The molecule has 0 aromatic carbocycles. The topological polar surface area (TPSA) is 44.8 Å². The number of aromatic nitrogens is 3. The van der Waals surface area contributed by atoms with E-state index in [0.29, 0.717) is 6.04 Å². The molecule has 114 valence electrons. The van der Waals surface area contributed by atoms with E-state index in [4.69, 9.17) is 0 Å². The minimum atomic E-state index is 0.497. The fraction of sp³-hybridized carbons (Fsp3) is 0.333. The zero-order chi connectivity index (χ0) is 15.7. The molecular weight excluding hydrogens is 272 g/mol. The Morgan fingerprint density at radius 1 is 1.27 bits per heavy atom. The first-order valence-corrected chi connectivity index (χ1v) is 7.67. The molecule has 2 aromatic rings. The number of nitrogens with one attached hydrogen (secondary N) is 1. The Balaban J connectivity index is 1.92. The average molecular weight is 294 g/mol. The predicted molar refractivity (Wildman–Crippen MR) is 90.3 cm³/mol. The van der Waals surface area contributed by atoms with Gasteiger partial charge in [-0.1, -0.05) is 6.08 Å². The Hall–Kier alpha value is -2.36. The molecule has 3 rings (SSSR count). The third-order valence-electron chi connectivity index (χ3n) is 4.09. The number of imidazole rings is 1. The number of H-pyrrole nitrogens is 1. The van der Waals surface area contributed by atoms with Gasteiger partial charge in [-0.05, 0) is 63.2 Å². The van der Waals surface area contributed by atoms with Crippen LogP contribution >= 0.6 is 0 Å². The molecule has 0 aliphatic carbocycles. The van der Waals surface area contributed by atoms with Crippen LogP contribution in [0.4, 0.5) is 0 Å². The van der Waals surface area contributed by atoms with Gasteiger partial charge < -0.3 is 9.88 Å². The highest BCUT2D eigenvalue weighted by Gasteiger charge is 2.14. The second-order valence-corrected chi connectivity index (χ2v) is 6.03. The standard InChI is InChI=1S/C18H22N4/c1-12(2)22-9-5-6-16(11-22)15-7-8-19-17(10-15)18-20-13(3)14(4)21-18/h5-10,12H,11H2,1-4H3,(H,20,21). The van der Waals surface area contributed by atoms with E-state index in [0.717, 1.165) is 29.5 Å². The van der Waals surface area contributed by atoms with Gasteiger partial charge in [-0.3, -0.25) is 4.98 Å². The summed E-state index contributed by atoms with van der Waals surface area (Å²) in [7, 11) is 0. The van der Waals surface area contributed by atoms with Gasteiger partial charge in [0, 0.05) is 24.5 Å². The molecule has 0 unspecified atom stereocenters. The van der Waals surface area contributed by atoms with Gasteiger partial charge in [-0.2, -0.15) is 0 Å². The number of nitrogens with zero attached hydrogens (tertiary/aromatic N) is 3. The molecule has 0 spiro atoms. The first-order chi connectivity index (χ1) is 10.5. The lowest BCUT2D eigenvalue weighted by atomic mass is 10.0. The van der Waals surface area contributed by atoms with E-state index in [1.54, 1.807) is 0 Å². The van der Waals surface area contributed by atoms with Crippen molar-refractivity contribution < 1.29 is 0 Å². The summed E-state index contributed by atoms with van der Waals surface area (Å²) in [5, 5.41) is 0. The van der Waals surface area contributed by atoms with Crippen LogP contribution in [0.15, 0.2) is 36.7 Å².